The van der Waals surface area contributed by atoms with Crippen LogP contribution >= 0.6 is 27.5 Å². The maximum atomic E-state index is 5.92. The van der Waals surface area contributed by atoms with Crippen molar-refractivity contribution in [2.45, 2.75) is 6.42 Å². The molecule has 1 heterocycles. The van der Waals surface area contributed by atoms with E-state index in [0.717, 1.165) is 26.8 Å². The third-order valence-electron chi connectivity index (χ3n) is 3.06. The number of hydrogen-bond acceptors (Lipinski definition) is 1. The minimum Gasteiger partial charge on any atom is -0.256 e. The quantitative estimate of drug-likeness (QED) is 0.625. The van der Waals surface area contributed by atoms with Crippen molar-refractivity contribution in [1.29, 1.82) is 0 Å². The first kappa shape index (κ1) is 12.6. The second-order valence-corrected chi connectivity index (χ2v) is 5.80. The molecule has 0 aliphatic carbocycles. The monoisotopic (exact) mass is 331 g/mol. The minimum atomic E-state index is 0.765. The largest absolute Gasteiger partial charge is 0.256 e. The molecule has 1 aromatic heterocycles. The molecule has 94 valence electrons. The van der Waals surface area contributed by atoms with Crippen molar-refractivity contribution in [3.05, 3.63) is 75.4 Å². The Labute approximate surface area is 125 Å². The van der Waals surface area contributed by atoms with Gasteiger partial charge in [-0.05, 0) is 47.9 Å². The average molecular weight is 333 g/mol. The Balaban J connectivity index is 2.07. The zero-order chi connectivity index (χ0) is 13.2. The lowest BCUT2D eigenvalue weighted by atomic mass is 10.0. The topological polar surface area (TPSA) is 12.9 Å². The molecule has 0 fully saturated rings. The van der Waals surface area contributed by atoms with Gasteiger partial charge >= 0.3 is 0 Å². The third-order valence-corrected chi connectivity index (χ3v) is 3.77. The van der Waals surface area contributed by atoms with Crippen LogP contribution in [0, 0.1) is 0 Å². The van der Waals surface area contributed by atoms with Gasteiger partial charge < -0.3 is 0 Å². The molecule has 0 aliphatic rings. The first-order valence-electron chi connectivity index (χ1n) is 6.00. The second-order valence-electron chi connectivity index (χ2n) is 4.44. The van der Waals surface area contributed by atoms with E-state index in [4.69, 9.17) is 11.6 Å². The van der Waals surface area contributed by atoms with Gasteiger partial charge in [0, 0.05) is 21.1 Å². The Morgan fingerprint density at radius 3 is 2.63 bits per heavy atom. The fraction of sp³-hybridized carbons (Fsp3) is 0.0625. The maximum absolute atomic E-state index is 5.92. The van der Waals surface area contributed by atoms with Gasteiger partial charge in [0.1, 0.15) is 0 Å². The molecule has 0 saturated carbocycles. The smallest absolute Gasteiger partial charge is 0.0738 e. The van der Waals surface area contributed by atoms with Crippen LogP contribution in [-0.2, 0) is 6.42 Å². The molecule has 3 aromatic rings. The van der Waals surface area contributed by atoms with Crippen LogP contribution in [-0.4, -0.2) is 4.98 Å². The van der Waals surface area contributed by atoms with E-state index in [1.54, 1.807) is 0 Å². The highest BCUT2D eigenvalue weighted by atomic mass is 79.9. The average Bonchev–Trinajstić information content (AvgIpc) is 2.41. The van der Waals surface area contributed by atoms with Gasteiger partial charge in [0.2, 0.25) is 0 Å². The van der Waals surface area contributed by atoms with Crippen molar-refractivity contribution < 1.29 is 0 Å². The number of rotatable bonds is 2. The van der Waals surface area contributed by atoms with E-state index in [0.29, 0.717) is 0 Å². The molecule has 2 aromatic carbocycles. The van der Waals surface area contributed by atoms with E-state index in [2.05, 4.69) is 51.2 Å². The standard InChI is InChI=1S/C16H11BrClN/c17-14-9-12-2-1-7-19-16(12)13(10-14)8-11-3-5-15(18)6-4-11/h1-7,9-10H,8H2. The number of pyridine rings is 1. The lowest BCUT2D eigenvalue weighted by molar-refractivity contribution is 1.19. The summed E-state index contributed by atoms with van der Waals surface area (Å²) in [4.78, 5) is 4.49. The predicted octanol–water partition coefficient (Wildman–Crippen LogP) is 5.24. The number of halogens is 2. The van der Waals surface area contributed by atoms with Crippen molar-refractivity contribution in [3.63, 3.8) is 0 Å². The highest BCUT2D eigenvalue weighted by Gasteiger charge is 2.05. The summed E-state index contributed by atoms with van der Waals surface area (Å²) in [7, 11) is 0. The second kappa shape index (κ2) is 5.32. The molecule has 3 rings (SSSR count). The van der Waals surface area contributed by atoms with Crippen LogP contribution < -0.4 is 0 Å². The normalized spacial score (nSPS) is 10.8. The minimum absolute atomic E-state index is 0.765. The van der Waals surface area contributed by atoms with Crippen LogP contribution in [0.1, 0.15) is 11.1 Å². The van der Waals surface area contributed by atoms with E-state index in [1.165, 1.54) is 11.1 Å². The van der Waals surface area contributed by atoms with Gasteiger partial charge in [-0.3, -0.25) is 4.98 Å². The van der Waals surface area contributed by atoms with Crippen LogP contribution in [0.3, 0.4) is 0 Å². The molecule has 19 heavy (non-hydrogen) atoms. The summed E-state index contributed by atoms with van der Waals surface area (Å²) in [6.45, 7) is 0. The third kappa shape index (κ3) is 2.80. The van der Waals surface area contributed by atoms with Gasteiger partial charge in [0.25, 0.3) is 0 Å². The summed E-state index contributed by atoms with van der Waals surface area (Å²) in [6, 6.07) is 16.2. The fourth-order valence-corrected chi connectivity index (χ4v) is 2.83. The molecule has 0 N–H and O–H groups in total. The Hall–Kier alpha value is -1.38. The molecule has 0 bridgehead atoms. The molecule has 1 nitrogen and oxygen atoms in total. The van der Waals surface area contributed by atoms with Crippen LogP contribution in [0.4, 0.5) is 0 Å². The Kier molecular flexibility index (Phi) is 3.54. The van der Waals surface area contributed by atoms with Gasteiger partial charge in [-0.1, -0.05) is 45.7 Å². The Bertz CT molecular complexity index is 722. The summed E-state index contributed by atoms with van der Waals surface area (Å²) in [5.74, 6) is 0. The van der Waals surface area contributed by atoms with Crippen molar-refractivity contribution in [2.24, 2.45) is 0 Å². The molecule has 0 unspecified atom stereocenters. The molecule has 0 saturated heterocycles. The fourth-order valence-electron chi connectivity index (χ4n) is 2.18. The van der Waals surface area contributed by atoms with E-state index in [-0.39, 0.29) is 0 Å². The van der Waals surface area contributed by atoms with E-state index >= 15 is 0 Å². The maximum Gasteiger partial charge on any atom is 0.0738 e. The summed E-state index contributed by atoms with van der Waals surface area (Å²) < 4.78 is 1.08. The number of fused-ring (bicyclic) bond motifs is 1. The van der Waals surface area contributed by atoms with E-state index in [1.807, 2.05) is 24.4 Å². The van der Waals surface area contributed by atoms with Gasteiger partial charge in [-0.25, -0.2) is 0 Å². The summed E-state index contributed by atoms with van der Waals surface area (Å²) >= 11 is 9.47. The van der Waals surface area contributed by atoms with Crippen molar-refractivity contribution in [2.75, 3.05) is 0 Å². The lowest BCUT2D eigenvalue weighted by Crippen LogP contribution is -1.92. The van der Waals surface area contributed by atoms with E-state index < -0.39 is 0 Å². The number of benzene rings is 2. The van der Waals surface area contributed by atoms with Gasteiger partial charge in [0.05, 0.1) is 5.52 Å². The summed E-state index contributed by atoms with van der Waals surface area (Å²) in [6.07, 6.45) is 2.69. The summed E-state index contributed by atoms with van der Waals surface area (Å²) in [5, 5.41) is 1.92. The number of hydrogen-bond donors (Lipinski definition) is 0. The lowest BCUT2D eigenvalue weighted by Gasteiger charge is -2.07. The molecule has 0 aliphatic heterocycles. The van der Waals surface area contributed by atoms with Gasteiger partial charge in [0.15, 0.2) is 0 Å². The molecule has 0 spiro atoms. The predicted molar refractivity (Wildman–Crippen MR) is 83.7 cm³/mol. The zero-order valence-electron chi connectivity index (χ0n) is 10.1. The number of aromatic nitrogens is 1. The molecule has 0 radical (unpaired) electrons. The molecular weight excluding hydrogens is 322 g/mol. The van der Waals surface area contributed by atoms with Crippen LogP contribution in [0.5, 0.6) is 0 Å². The Morgan fingerprint density at radius 1 is 1.05 bits per heavy atom. The number of nitrogens with zero attached hydrogens (tertiary/aromatic N) is 1. The van der Waals surface area contributed by atoms with Crippen molar-refractivity contribution in [3.8, 4) is 0 Å². The van der Waals surface area contributed by atoms with E-state index in [9.17, 15) is 0 Å². The molecule has 0 amide bonds. The molecule has 3 heteroatoms. The van der Waals surface area contributed by atoms with Crippen LogP contribution in [0.2, 0.25) is 5.02 Å². The first-order valence-corrected chi connectivity index (χ1v) is 7.17. The first-order chi connectivity index (χ1) is 9.22. The van der Waals surface area contributed by atoms with Gasteiger partial charge in [-0.15, -0.1) is 0 Å². The molecule has 0 atom stereocenters. The van der Waals surface area contributed by atoms with Crippen molar-refractivity contribution in [1.82, 2.24) is 4.98 Å². The Morgan fingerprint density at radius 2 is 1.84 bits per heavy atom. The zero-order valence-corrected chi connectivity index (χ0v) is 12.4. The van der Waals surface area contributed by atoms with Crippen LogP contribution in [0.25, 0.3) is 10.9 Å². The van der Waals surface area contributed by atoms with Crippen LogP contribution in [0.15, 0.2) is 59.2 Å². The highest BCUT2D eigenvalue weighted by molar-refractivity contribution is 9.10. The highest BCUT2D eigenvalue weighted by Crippen LogP contribution is 2.25. The van der Waals surface area contributed by atoms with Crippen molar-refractivity contribution >= 4 is 38.4 Å². The molecular formula is C16H11BrClN. The summed E-state index contributed by atoms with van der Waals surface area (Å²) in [5.41, 5.74) is 3.50. The van der Waals surface area contributed by atoms with Gasteiger partial charge in [-0.2, -0.15) is 0 Å². The SMILES string of the molecule is Clc1ccc(Cc2cc(Br)cc3cccnc23)cc1.